The van der Waals surface area contributed by atoms with Gasteiger partial charge in [0, 0.05) is 10.8 Å². The van der Waals surface area contributed by atoms with E-state index in [2.05, 4.69) is 10.1 Å². The molecule has 4 aromatic rings. The number of fused-ring (bicyclic) bond motifs is 3. The highest BCUT2D eigenvalue weighted by Crippen LogP contribution is 2.39. The SMILES string of the molecule is O=c1c2c3c(sc2nc(SCc2noc(C4CC4)n2)n1-c1ccccc1)CCC3. The van der Waals surface area contributed by atoms with Crippen LogP contribution in [0.1, 0.15) is 47.3 Å². The van der Waals surface area contributed by atoms with E-state index in [9.17, 15) is 4.79 Å². The number of rotatable bonds is 5. The molecular formula is C21H18N4O2S2. The topological polar surface area (TPSA) is 73.8 Å². The maximum atomic E-state index is 13.6. The first-order valence-electron chi connectivity index (χ1n) is 9.86. The lowest BCUT2D eigenvalue weighted by Crippen LogP contribution is -2.21. The fourth-order valence-electron chi connectivity index (χ4n) is 3.88. The van der Waals surface area contributed by atoms with Crippen LogP contribution >= 0.6 is 23.1 Å². The number of benzene rings is 1. The molecule has 0 atom stereocenters. The average molecular weight is 423 g/mol. The van der Waals surface area contributed by atoms with E-state index in [1.165, 1.54) is 22.2 Å². The largest absolute Gasteiger partial charge is 0.339 e. The number of thiophene rings is 1. The molecule has 2 aliphatic rings. The Morgan fingerprint density at radius 3 is 2.86 bits per heavy atom. The number of thioether (sulfide) groups is 1. The lowest BCUT2D eigenvalue weighted by molar-refractivity contribution is 0.375. The molecule has 0 aliphatic heterocycles. The second-order valence-corrected chi connectivity index (χ2v) is 9.55. The van der Waals surface area contributed by atoms with Crippen molar-refractivity contribution in [1.29, 1.82) is 0 Å². The van der Waals surface area contributed by atoms with Crippen LogP contribution in [0.4, 0.5) is 0 Å². The van der Waals surface area contributed by atoms with Crippen LogP contribution in [0.3, 0.4) is 0 Å². The van der Waals surface area contributed by atoms with Crippen LogP contribution in [0.5, 0.6) is 0 Å². The number of aryl methyl sites for hydroxylation is 2. The summed E-state index contributed by atoms with van der Waals surface area (Å²) in [5.41, 5.74) is 2.06. The highest BCUT2D eigenvalue weighted by atomic mass is 32.2. The Morgan fingerprint density at radius 1 is 1.17 bits per heavy atom. The van der Waals surface area contributed by atoms with Gasteiger partial charge in [-0.05, 0) is 49.8 Å². The van der Waals surface area contributed by atoms with Gasteiger partial charge in [0.1, 0.15) is 4.83 Å². The molecule has 6 rings (SSSR count). The van der Waals surface area contributed by atoms with E-state index < -0.39 is 0 Å². The smallest absolute Gasteiger partial charge is 0.267 e. The minimum Gasteiger partial charge on any atom is -0.339 e. The Bertz CT molecular complexity index is 1270. The molecule has 1 fully saturated rings. The van der Waals surface area contributed by atoms with E-state index in [1.807, 2.05) is 30.3 Å². The molecule has 0 N–H and O–H groups in total. The van der Waals surface area contributed by atoms with Gasteiger partial charge >= 0.3 is 0 Å². The van der Waals surface area contributed by atoms with Crippen molar-refractivity contribution < 1.29 is 4.52 Å². The van der Waals surface area contributed by atoms with Gasteiger partial charge in [0.05, 0.1) is 16.8 Å². The number of nitrogens with zero attached hydrogens (tertiary/aromatic N) is 4. The number of para-hydroxylation sites is 1. The maximum Gasteiger partial charge on any atom is 0.267 e. The Kier molecular flexibility index (Phi) is 4.09. The van der Waals surface area contributed by atoms with Crippen molar-refractivity contribution in [3.63, 3.8) is 0 Å². The van der Waals surface area contributed by atoms with Crippen molar-refractivity contribution in [1.82, 2.24) is 19.7 Å². The van der Waals surface area contributed by atoms with Crippen molar-refractivity contribution in [3.8, 4) is 5.69 Å². The summed E-state index contributed by atoms with van der Waals surface area (Å²) in [5.74, 6) is 2.34. The summed E-state index contributed by atoms with van der Waals surface area (Å²) in [5, 5.41) is 5.57. The maximum absolute atomic E-state index is 13.6. The molecule has 2 aliphatic carbocycles. The van der Waals surface area contributed by atoms with E-state index in [0.717, 1.165) is 53.9 Å². The van der Waals surface area contributed by atoms with Gasteiger partial charge in [-0.3, -0.25) is 9.36 Å². The van der Waals surface area contributed by atoms with Gasteiger partial charge in [-0.25, -0.2) is 4.98 Å². The van der Waals surface area contributed by atoms with E-state index in [-0.39, 0.29) is 5.56 Å². The van der Waals surface area contributed by atoms with E-state index in [0.29, 0.717) is 22.7 Å². The standard InChI is InChI=1S/C21H18N4O2S2/c26-20-17-14-7-4-8-15(14)29-19(17)23-21(25(20)13-5-2-1-3-6-13)28-11-16-22-18(27-24-16)12-9-10-12/h1-3,5-6,12H,4,7-11H2. The monoisotopic (exact) mass is 422 g/mol. The highest BCUT2D eigenvalue weighted by molar-refractivity contribution is 7.98. The second kappa shape index (κ2) is 6.81. The molecule has 0 unspecified atom stereocenters. The molecule has 1 aromatic carbocycles. The molecule has 3 heterocycles. The van der Waals surface area contributed by atoms with Gasteiger partial charge in [0.2, 0.25) is 5.89 Å². The first-order valence-corrected chi connectivity index (χ1v) is 11.7. The van der Waals surface area contributed by atoms with Crippen molar-refractivity contribution in [2.75, 3.05) is 0 Å². The van der Waals surface area contributed by atoms with Crippen LogP contribution in [-0.4, -0.2) is 19.7 Å². The molecular weight excluding hydrogens is 404 g/mol. The summed E-state index contributed by atoms with van der Waals surface area (Å²) < 4.78 is 7.10. The van der Waals surface area contributed by atoms with E-state index in [4.69, 9.17) is 9.51 Å². The van der Waals surface area contributed by atoms with Crippen molar-refractivity contribution in [3.05, 3.63) is 62.8 Å². The Balaban J connectivity index is 1.44. The third-order valence-corrected chi connectivity index (χ3v) is 7.58. The van der Waals surface area contributed by atoms with Crippen LogP contribution < -0.4 is 5.56 Å². The third-order valence-electron chi connectivity index (χ3n) is 5.46. The predicted octanol–water partition coefficient (Wildman–Crippen LogP) is 4.49. The first kappa shape index (κ1) is 17.4. The van der Waals surface area contributed by atoms with Crippen molar-refractivity contribution in [2.24, 2.45) is 0 Å². The molecule has 8 heteroatoms. The second-order valence-electron chi connectivity index (χ2n) is 7.52. The van der Waals surface area contributed by atoms with Crippen molar-refractivity contribution in [2.45, 2.75) is 48.9 Å². The normalized spacial score (nSPS) is 15.9. The van der Waals surface area contributed by atoms with Gasteiger partial charge in [0.15, 0.2) is 11.0 Å². The molecule has 0 spiro atoms. The van der Waals surface area contributed by atoms with Crippen LogP contribution in [-0.2, 0) is 18.6 Å². The summed E-state index contributed by atoms with van der Waals surface area (Å²) >= 11 is 3.15. The summed E-state index contributed by atoms with van der Waals surface area (Å²) in [6.07, 6.45) is 5.41. The lowest BCUT2D eigenvalue weighted by Gasteiger charge is -2.11. The molecule has 0 amide bonds. The first-order chi connectivity index (χ1) is 14.3. The molecule has 6 nitrogen and oxygen atoms in total. The molecule has 0 radical (unpaired) electrons. The van der Waals surface area contributed by atoms with Crippen LogP contribution in [0, 0.1) is 0 Å². The number of hydrogen-bond donors (Lipinski definition) is 0. The van der Waals surface area contributed by atoms with Gasteiger partial charge in [-0.2, -0.15) is 4.98 Å². The predicted molar refractivity (Wildman–Crippen MR) is 113 cm³/mol. The number of hydrogen-bond acceptors (Lipinski definition) is 7. The molecule has 29 heavy (non-hydrogen) atoms. The Labute approximate surface area is 175 Å². The average Bonchev–Trinajstić information content (AvgIpc) is 3.15. The fraction of sp³-hybridized carbons (Fsp3) is 0.333. The lowest BCUT2D eigenvalue weighted by atomic mass is 10.2. The summed E-state index contributed by atoms with van der Waals surface area (Å²) in [6.45, 7) is 0. The Morgan fingerprint density at radius 2 is 2.03 bits per heavy atom. The summed E-state index contributed by atoms with van der Waals surface area (Å²) in [4.78, 5) is 25.1. The van der Waals surface area contributed by atoms with E-state index >= 15 is 0 Å². The Hall–Kier alpha value is -2.45. The quantitative estimate of drug-likeness (QED) is 0.349. The minimum absolute atomic E-state index is 0.0230. The van der Waals surface area contributed by atoms with E-state index in [1.54, 1.807) is 15.9 Å². The minimum atomic E-state index is 0.0230. The molecule has 3 aromatic heterocycles. The molecule has 0 saturated heterocycles. The van der Waals surface area contributed by atoms with Gasteiger partial charge in [-0.15, -0.1) is 11.3 Å². The third kappa shape index (κ3) is 3.02. The van der Waals surface area contributed by atoms with Crippen LogP contribution in [0.2, 0.25) is 0 Å². The van der Waals surface area contributed by atoms with Crippen LogP contribution in [0.25, 0.3) is 15.9 Å². The van der Waals surface area contributed by atoms with Gasteiger partial charge < -0.3 is 4.52 Å². The van der Waals surface area contributed by atoms with Gasteiger partial charge in [0.25, 0.3) is 5.56 Å². The summed E-state index contributed by atoms with van der Waals surface area (Å²) in [6, 6.07) is 9.74. The zero-order valence-corrected chi connectivity index (χ0v) is 17.3. The zero-order chi connectivity index (χ0) is 19.4. The molecule has 0 bridgehead atoms. The van der Waals surface area contributed by atoms with Gasteiger partial charge in [-0.1, -0.05) is 35.1 Å². The van der Waals surface area contributed by atoms with Crippen molar-refractivity contribution >= 4 is 33.3 Å². The number of aromatic nitrogens is 4. The molecule has 1 saturated carbocycles. The van der Waals surface area contributed by atoms with Crippen LogP contribution in [0.15, 0.2) is 44.8 Å². The molecule has 146 valence electrons. The summed E-state index contributed by atoms with van der Waals surface area (Å²) in [7, 11) is 0. The zero-order valence-electron chi connectivity index (χ0n) is 15.6. The fourth-order valence-corrected chi connectivity index (χ4v) is 6.04. The highest BCUT2D eigenvalue weighted by Gasteiger charge is 2.30.